The Morgan fingerprint density at radius 1 is 0.933 bits per heavy atom. The molecular formula is C13H22N2. The van der Waals surface area contributed by atoms with E-state index in [0.717, 1.165) is 6.42 Å². The minimum Gasteiger partial charge on any atom is -0.288 e. The summed E-state index contributed by atoms with van der Waals surface area (Å²) >= 11 is 0. The summed E-state index contributed by atoms with van der Waals surface area (Å²) in [7, 11) is 8.54. The van der Waals surface area contributed by atoms with Crippen LogP contribution in [-0.2, 0) is 5.66 Å². The van der Waals surface area contributed by atoms with Crippen LogP contribution in [0.1, 0.15) is 18.9 Å². The van der Waals surface area contributed by atoms with Gasteiger partial charge in [-0.05, 0) is 40.2 Å². The molecule has 15 heavy (non-hydrogen) atoms. The van der Waals surface area contributed by atoms with E-state index in [0.29, 0.717) is 0 Å². The average Bonchev–Trinajstić information content (AvgIpc) is 2.20. The number of hydrogen-bond acceptors (Lipinski definition) is 2. The average molecular weight is 206 g/mol. The summed E-state index contributed by atoms with van der Waals surface area (Å²) in [5.41, 5.74) is 1.35. The molecule has 0 bridgehead atoms. The van der Waals surface area contributed by atoms with Crippen molar-refractivity contribution in [2.75, 3.05) is 28.2 Å². The van der Waals surface area contributed by atoms with Gasteiger partial charge in [0.05, 0.1) is 5.66 Å². The highest BCUT2D eigenvalue weighted by atomic mass is 15.4. The maximum Gasteiger partial charge on any atom is 0.0987 e. The SMILES string of the molecule is CCC(c1ccccc1)(N(C)C)N(C)C. The van der Waals surface area contributed by atoms with Crippen LogP contribution in [0.15, 0.2) is 30.3 Å². The monoisotopic (exact) mass is 206 g/mol. The van der Waals surface area contributed by atoms with Gasteiger partial charge in [0.2, 0.25) is 0 Å². The van der Waals surface area contributed by atoms with Crippen LogP contribution in [0.3, 0.4) is 0 Å². The van der Waals surface area contributed by atoms with Crippen LogP contribution < -0.4 is 0 Å². The molecule has 0 N–H and O–H groups in total. The summed E-state index contributed by atoms with van der Waals surface area (Å²) in [4.78, 5) is 4.56. The maximum atomic E-state index is 2.28. The molecule has 1 aromatic carbocycles. The number of hydrogen-bond donors (Lipinski definition) is 0. The molecule has 1 aromatic rings. The van der Waals surface area contributed by atoms with Gasteiger partial charge in [-0.15, -0.1) is 0 Å². The van der Waals surface area contributed by atoms with Crippen molar-refractivity contribution >= 4 is 0 Å². The van der Waals surface area contributed by atoms with Crippen molar-refractivity contribution in [3.05, 3.63) is 35.9 Å². The highest BCUT2D eigenvalue weighted by molar-refractivity contribution is 5.23. The van der Waals surface area contributed by atoms with Gasteiger partial charge in [-0.3, -0.25) is 9.80 Å². The van der Waals surface area contributed by atoms with E-state index in [9.17, 15) is 0 Å². The van der Waals surface area contributed by atoms with Gasteiger partial charge in [0, 0.05) is 0 Å². The highest BCUT2D eigenvalue weighted by Crippen LogP contribution is 2.31. The lowest BCUT2D eigenvalue weighted by molar-refractivity contribution is -0.00504. The molecule has 0 aliphatic heterocycles. The van der Waals surface area contributed by atoms with Gasteiger partial charge in [0.15, 0.2) is 0 Å². The fourth-order valence-electron chi connectivity index (χ4n) is 2.46. The second-order valence-electron chi connectivity index (χ2n) is 4.33. The first kappa shape index (κ1) is 12.2. The normalized spacial score (nSPS) is 12.5. The Kier molecular flexibility index (Phi) is 3.89. The van der Waals surface area contributed by atoms with Gasteiger partial charge in [0.1, 0.15) is 0 Å². The van der Waals surface area contributed by atoms with Gasteiger partial charge in [-0.1, -0.05) is 37.3 Å². The van der Waals surface area contributed by atoms with E-state index in [4.69, 9.17) is 0 Å². The summed E-state index contributed by atoms with van der Waals surface area (Å²) in [6, 6.07) is 10.7. The zero-order chi connectivity index (χ0) is 11.5. The lowest BCUT2D eigenvalue weighted by Gasteiger charge is -2.45. The first-order chi connectivity index (χ1) is 7.05. The highest BCUT2D eigenvalue weighted by Gasteiger charge is 2.34. The van der Waals surface area contributed by atoms with Gasteiger partial charge < -0.3 is 0 Å². The molecule has 2 heteroatoms. The van der Waals surface area contributed by atoms with Crippen molar-refractivity contribution in [2.24, 2.45) is 0 Å². The molecule has 0 saturated heterocycles. The molecule has 0 atom stereocenters. The minimum atomic E-state index is 0.00125. The fourth-order valence-corrected chi connectivity index (χ4v) is 2.46. The molecule has 0 radical (unpaired) electrons. The second-order valence-corrected chi connectivity index (χ2v) is 4.33. The van der Waals surface area contributed by atoms with Crippen molar-refractivity contribution in [3.63, 3.8) is 0 Å². The van der Waals surface area contributed by atoms with Crippen LogP contribution in [0.5, 0.6) is 0 Å². The molecule has 1 rings (SSSR count). The Morgan fingerprint density at radius 2 is 1.40 bits per heavy atom. The van der Waals surface area contributed by atoms with Crippen LogP contribution in [0.4, 0.5) is 0 Å². The van der Waals surface area contributed by atoms with E-state index in [1.54, 1.807) is 0 Å². The molecule has 2 nitrogen and oxygen atoms in total. The summed E-state index contributed by atoms with van der Waals surface area (Å²) < 4.78 is 0. The zero-order valence-corrected chi connectivity index (χ0v) is 10.5. The lowest BCUT2D eigenvalue weighted by Crippen LogP contribution is -2.51. The van der Waals surface area contributed by atoms with Crippen molar-refractivity contribution in [1.82, 2.24) is 9.80 Å². The van der Waals surface area contributed by atoms with Gasteiger partial charge in [-0.2, -0.15) is 0 Å². The Bertz CT molecular complexity index is 283. The third-order valence-corrected chi connectivity index (χ3v) is 3.21. The topological polar surface area (TPSA) is 6.48 Å². The lowest BCUT2D eigenvalue weighted by atomic mass is 9.94. The van der Waals surface area contributed by atoms with E-state index in [-0.39, 0.29) is 5.66 Å². The Morgan fingerprint density at radius 3 is 1.73 bits per heavy atom. The Hall–Kier alpha value is -0.860. The molecule has 0 aliphatic carbocycles. The first-order valence-electron chi connectivity index (χ1n) is 5.46. The summed E-state index contributed by atoms with van der Waals surface area (Å²) in [6.45, 7) is 2.23. The molecule has 84 valence electrons. The largest absolute Gasteiger partial charge is 0.288 e. The molecule has 0 saturated carbocycles. The van der Waals surface area contributed by atoms with E-state index in [1.165, 1.54) is 5.56 Å². The predicted molar refractivity (Wildman–Crippen MR) is 65.8 cm³/mol. The van der Waals surface area contributed by atoms with Crippen molar-refractivity contribution in [2.45, 2.75) is 19.0 Å². The molecule has 0 unspecified atom stereocenters. The smallest absolute Gasteiger partial charge is 0.0987 e. The van der Waals surface area contributed by atoms with Crippen LogP contribution in [0.2, 0.25) is 0 Å². The third-order valence-electron chi connectivity index (χ3n) is 3.21. The van der Waals surface area contributed by atoms with Crippen LogP contribution in [-0.4, -0.2) is 38.0 Å². The van der Waals surface area contributed by atoms with E-state index in [2.05, 4.69) is 75.2 Å². The molecule has 0 aliphatic rings. The summed E-state index contributed by atoms with van der Waals surface area (Å²) in [5, 5.41) is 0. The Balaban J connectivity index is 3.22. The summed E-state index contributed by atoms with van der Waals surface area (Å²) in [5.74, 6) is 0. The van der Waals surface area contributed by atoms with Crippen LogP contribution >= 0.6 is 0 Å². The van der Waals surface area contributed by atoms with Gasteiger partial charge in [0.25, 0.3) is 0 Å². The number of rotatable bonds is 4. The maximum absolute atomic E-state index is 2.28. The van der Waals surface area contributed by atoms with Crippen molar-refractivity contribution in [3.8, 4) is 0 Å². The molecule has 0 aromatic heterocycles. The Labute approximate surface area is 93.5 Å². The van der Waals surface area contributed by atoms with Crippen LogP contribution in [0, 0.1) is 0 Å². The van der Waals surface area contributed by atoms with Gasteiger partial charge in [-0.25, -0.2) is 0 Å². The summed E-state index contributed by atoms with van der Waals surface area (Å²) in [6.07, 6.45) is 1.07. The second kappa shape index (κ2) is 4.77. The fraction of sp³-hybridized carbons (Fsp3) is 0.538. The molecule has 0 heterocycles. The predicted octanol–water partition coefficient (Wildman–Crippen LogP) is 2.37. The van der Waals surface area contributed by atoms with E-state index in [1.807, 2.05) is 0 Å². The first-order valence-corrected chi connectivity index (χ1v) is 5.46. The molecule has 0 spiro atoms. The minimum absolute atomic E-state index is 0.00125. The number of benzene rings is 1. The van der Waals surface area contributed by atoms with E-state index < -0.39 is 0 Å². The quantitative estimate of drug-likeness (QED) is 0.698. The number of nitrogens with zero attached hydrogens (tertiary/aromatic N) is 2. The van der Waals surface area contributed by atoms with Crippen molar-refractivity contribution in [1.29, 1.82) is 0 Å². The third kappa shape index (κ3) is 2.06. The van der Waals surface area contributed by atoms with Crippen molar-refractivity contribution < 1.29 is 0 Å². The van der Waals surface area contributed by atoms with Crippen LogP contribution in [0.25, 0.3) is 0 Å². The molecule has 0 amide bonds. The van der Waals surface area contributed by atoms with E-state index >= 15 is 0 Å². The molecule has 0 fully saturated rings. The molecular weight excluding hydrogens is 184 g/mol. The zero-order valence-electron chi connectivity index (χ0n) is 10.5. The standard InChI is InChI=1S/C13H22N2/c1-6-13(14(2)3,15(4)5)12-10-8-7-9-11-12/h7-11H,6H2,1-5H3. The van der Waals surface area contributed by atoms with Gasteiger partial charge >= 0.3 is 0 Å².